The van der Waals surface area contributed by atoms with E-state index < -0.39 is 23.0 Å². The number of hydrogen-bond acceptors (Lipinski definition) is 6. The molecule has 4 aromatic rings. The van der Waals surface area contributed by atoms with Crippen molar-refractivity contribution in [3.63, 3.8) is 0 Å². The summed E-state index contributed by atoms with van der Waals surface area (Å²) in [6.45, 7) is 3.24. The molecule has 180 valence electrons. The van der Waals surface area contributed by atoms with Crippen LogP contribution < -0.4 is 9.84 Å². The van der Waals surface area contributed by atoms with Gasteiger partial charge in [0.2, 0.25) is 0 Å². The number of rotatable bonds is 9. The Morgan fingerprint density at radius 2 is 1.54 bits per heavy atom. The summed E-state index contributed by atoms with van der Waals surface area (Å²) in [6.07, 6.45) is 1.66. The van der Waals surface area contributed by atoms with E-state index >= 15 is 0 Å². The van der Waals surface area contributed by atoms with Crippen LogP contribution in [0.25, 0.3) is 11.3 Å². The number of nitrogens with zero attached hydrogens (tertiary/aromatic N) is 1. The number of hydrogen-bond donors (Lipinski definition) is 1. The molecule has 0 aliphatic rings. The average molecular weight is 507 g/mol. The topological polar surface area (TPSA) is 85.4 Å². The molecule has 0 aliphatic carbocycles. The third-order valence-electron chi connectivity index (χ3n) is 5.57. The smallest absolute Gasteiger partial charge is 0.270 e. The third kappa shape index (κ3) is 5.99. The molecule has 0 fully saturated rings. The normalized spacial score (nSPS) is 14.0. The van der Waals surface area contributed by atoms with Crippen LogP contribution in [0.4, 0.5) is 5.69 Å². The van der Waals surface area contributed by atoms with Crippen molar-refractivity contribution in [2.24, 2.45) is 0 Å². The Morgan fingerprint density at radius 3 is 2.17 bits per heavy atom. The van der Waals surface area contributed by atoms with Crippen LogP contribution in [0.3, 0.4) is 0 Å². The van der Waals surface area contributed by atoms with E-state index in [1.54, 1.807) is 56.2 Å². The van der Waals surface area contributed by atoms with Gasteiger partial charge in [0.25, 0.3) is 7.37 Å². The standard InChI is InChI=1S/C27H27N2O4PS/c1-3-35(31,32)25-16-14-21(15-17-25)26-20-22(18-19-28-26)27(29-23-10-6-4-7-11-23)34(2,30)33-24-12-8-5-9-13-24/h4-20,27,29H,3H2,1-2H3. The first-order chi connectivity index (χ1) is 16.8. The minimum absolute atomic E-state index is 0.0418. The fourth-order valence-electron chi connectivity index (χ4n) is 3.68. The molecule has 1 heterocycles. The molecule has 0 amide bonds. The first-order valence-corrected chi connectivity index (χ1v) is 15.0. The fourth-order valence-corrected chi connectivity index (χ4v) is 6.30. The molecule has 6 nitrogen and oxygen atoms in total. The van der Waals surface area contributed by atoms with Crippen molar-refractivity contribution < 1.29 is 17.5 Å². The summed E-state index contributed by atoms with van der Waals surface area (Å²) in [4.78, 5) is 4.75. The van der Waals surface area contributed by atoms with Gasteiger partial charge in [0, 0.05) is 24.1 Å². The highest BCUT2D eigenvalue weighted by Crippen LogP contribution is 2.56. The number of pyridine rings is 1. The summed E-state index contributed by atoms with van der Waals surface area (Å²) in [5.41, 5.74) is 2.95. The van der Waals surface area contributed by atoms with Crippen LogP contribution in [0, 0.1) is 0 Å². The van der Waals surface area contributed by atoms with E-state index in [4.69, 9.17) is 4.52 Å². The zero-order valence-corrected chi connectivity index (χ0v) is 21.2. The number of sulfone groups is 1. The van der Waals surface area contributed by atoms with Gasteiger partial charge in [0.05, 0.1) is 16.3 Å². The Morgan fingerprint density at radius 1 is 0.914 bits per heavy atom. The molecule has 0 saturated heterocycles. The van der Waals surface area contributed by atoms with Gasteiger partial charge < -0.3 is 9.84 Å². The Kier molecular flexibility index (Phi) is 7.39. The van der Waals surface area contributed by atoms with Crippen molar-refractivity contribution in [2.75, 3.05) is 17.7 Å². The van der Waals surface area contributed by atoms with E-state index in [1.807, 2.05) is 60.7 Å². The highest BCUT2D eigenvalue weighted by atomic mass is 32.2. The first-order valence-electron chi connectivity index (χ1n) is 11.2. The van der Waals surface area contributed by atoms with Crippen LogP contribution in [0.15, 0.2) is 108 Å². The van der Waals surface area contributed by atoms with Gasteiger partial charge >= 0.3 is 0 Å². The van der Waals surface area contributed by atoms with Gasteiger partial charge in [-0.2, -0.15) is 0 Å². The van der Waals surface area contributed by atoms with Gasteiger partial charge in [-0.1, -0.05) is 55.5 Å². The lowest BCUT2D eigenvalue weighted by Crippen LogP contribution is -2.14. The zero-order chi connectivity index (χ0) is 24.9. The molecule has 8 heteroatoms. The molecule has 35 heavy (non-hydrogen) atoms. The van der Waals surface area contributed by atoms with E-state index in [1.165, 1.54) is 0 Å². The van der Waals surface area contributed by atoms with E-state index in [9.17, 15) is 13.0 Å². The van der Waals surface area contributed by atoms with Crippen LogP contribution in [-0.2, 0) is 14.4 Å². The highest BCUT2D eigenvalue weighted by molar-refractivity contribution is 7.91. The summed E-state index contributed by atoms with van der Waals surface area (Å²) in [6, 6.07) is 29.0. The lowest BCUT2D eigenvalue weighted by molar-refractivity contribution is 0.479. The number of para-hydroxylation sites is 2. The predicted molar refractivity (Wildman–Crippen MR) is 141 cm³/mol. The van der Waals surface area contributed by atoms with Gasteiger partial charge in [-0.15, -0.1) is 0 Å². The monoisotopic (exact) mass is 506 g/mol. The Hall–Kier alpha value is -3.41. The Labute approximate surface area is 206 Å². The van der Waals surface area contributed by atoms with Crippen LogP contribution in [0.5, 0.6) is 5.75 Å². The molecule has 0 aliphatic heterocycles. The summed E-state index contributed by atoms with van der Waals surface area (Å²) >= 11 is 0. The predicted octanol–water partition coefficient (Wildman–Crippen LogP) is 6.64. The number of aromatic nitrogens is 1. The zero-order valence-electron chi connectivity index (χ0n) is 19.5. The van der Waals surface area contributed by atoms with Crippen LogP contribution in [0.2, 0.25) is 0 Å². The minimum atomic E-state index is -3.29. The number of anilines is 1. The van der Waals surface area contributed by atoms with Gasteiger partial charge in [0.1, 0.15) is 11.5 Å². The fraction of sp³-hybridized carbons (Fsp3) is 0.148. The van der Waals surface area contributed by atoms with E-state index in [-0.39, 0.29) is 10.6 Å². The second kappa shape index (κ2) is 10.5. The second-order valence-corrected chi connectivity index (χ2v) is 12.9. The average Bonchev–Trinajstić information content (AvgIpc) is 2.88. The molecule has 0 spiro atoms. The molecule has 0 saturated carbocycles. The molecular formula is C27H27N2O4PS. The van der Waals surface area contributed by atoms with Crippen molar-refractivity contribution in [1.29, 1.82) is 0 Å². The summed E-state index contributed by atoms with van der Waals surface area (Å²) in [5.74, 6) is -0.0769. The minimum Gasteiger partial charge on any atom is -0.441 e. The molecule has 0 radical (unpaired) electrons. The maximum Gasteiger partial charge on any atom is 0.270 e. The number of nitrogens with one attached hydrogen (secondary N) is 1. The second-order valence-electron chi connectivity index (χ2n) is 8.13. The van der Waals surface area contributed by atoms with Crippen molar-refractivity contribution in [1.82, 2.24) is 4.98 Å². The first kappa shape index (κ1) is 24.7. The van der Waals surface area contributed by atoms with Crippen molar-refractivity contribution >= 4 is 22.9 Å². The molecule has 1 N–H and O–H groups in total. The summed E-state index contributed by atoms with van der Waals surface area (Å²) in [7, 11) is -6.56. The number of benzene rings is 3. The largest absolute Gasteiger partial charge is 0.441 e. The lowest BCUT2D eigenvalue weighted by Gasteiger charge is -2.27. The maximum absolute atomic E-state index is 14.0. The van der Waals surface area contributed by atoms with Gasteiger partial charge in [-0.3, -0.25) is 9.55 Å². The van der Waals surface area contributed by atoms with Crippen LogP contribution >= 0.6 is 7.37 Å². The maximum atomic E-state index is 14.0. The van der Waals surface area contributed by atoms with E-state index in [0.717, 1.165) is 16.8 Å². The summed E-state index contributed by atoms with van der Waals surface area (Å²) in [5, 5.41) is 3.38. The molecule has 4 rings (SSSR count). The van der Waals surface area contributed by atoms with Crippen LogP contribution in [0.1, 0.15) is 18.3 Å². The Balaban J connectivity index is 1.71. The molecule has 2 atom stereocenters. The van der Waals surface area contributed by atoms with Crippen LogP contribution in [-0.4, -0.2) is 25.8 Å². The molecular weight excluding hydrogens is 479 g/mol. The molecule has 0 bridgehead atoms. The quantitative estimate of drug-likeness (QED) is 0.256. The van der Waals surface area contributed by atoms with Crippen molar-refractivity contribution in [3.05, 3.63) is 109 Å². The van der Waals surface area contributed by atoms with Crippen molar-refractivity contribution in [3.8, 4) is 17.0 Å². The SMILES string of the molecule is CCS(=O)(=O)c1ccc(-c2cc(C(Nc3ccccc3)P(C)(=O)Oc3ccccc3)ccn2)cc1. The molecule has 2 unspecified atom stereocenters. The third-order valence-corrected chi connectivity index (χ3v) is 9.25. The van der Waals surface area contributed by atoms with Gasteiger partial charge in [0.15, 0.2) is 9.84 Å². The Bertz CT molecular complexity index is 1430. The summed E-state index contributed by atoms with van der Waals surface area (Å²) < 4.78 is 44.3. The van der Waals surface area contributed by atoms with E-state index in [2.05, 4.69) is 10.3 Å². The molecule has 3 aromatic carbocycles. The van der Waals surface area contributed by atoms with Crippen molar-refractivity contribution in [2.45, 2.75) is 17.6 Å². The van der Waals surface area contributed by atoms with E-state index in [0.29, 0.717) is 11.4 Å². The van der Waals surface area contributed by atoms with Gasteiger partial charge in [-0.05, 0) is 54.1 Å². The van der Waals surface area contributed by atoms with Gasteiger partial charge in [-0.25, -0.2) is 8.42 Å². The molecule has 1 aromatic heterocycles. The lowest BCUT2D eigenvalue weighted by atomic mass is 10.1. The highest BCUT2D eigenvalue weighted by Gasteiger charge is 2.33.